The number of nitrogens with zero attached hydrogens (tertiary/aromatic N) is 2. The topological polar surface area (TPSA) is 63.8 Å². The minimum atomic E-state index is -4.91. The minimum Gasteiger partial charge on any atom is -0.494 e. The highest BCUT2D eigenvalue weighted by Crippen LogP contribution is 2.43. The van der Waals surface area contributed by atoms with Crippen molar-refractivity contribution in [3.63, 3.8) is 0 Å². The van der Waals surface area contributed by atoms with E-state index in [0.29, 0.717) is 0 Å². The first-order chi connectivity index (χ1) is 20.4. The lowest BCUT2D eigenvalue weighted by atomic mass is 9.92. The number of fused-ring (bicyclic) bond motifs is 1. The van der Waals surface area contributed by atoms with Gasteiger partial charge in [-0.15, -0.1) is 11.8 Å². The molecule has 5 rings (SSSR count). The van der Waals surface area contributed by atoms with Crippen LogP contribution >= 0.6 is 11.8 Å². The van der Waals surface area contributed by atoms with Gasteiger partial charge in [0.15, 0.2) is 11.6 Å². The molecule has 1 aliphatic rings. The van der Waals surface area contributed by atoms with Crippen LogP contribution in [0.1, 0.15) is 33.9 Å². The van der Waals surface area contributed by atoms with Crippen molar-refractivity contribution in [1.82, 2.24) is 4.57 Å². The Bertz CT molecular complexity index is 1840. The van der Waals surface area contributed by atoms with Crippen molar-refractivity contribution in [3.8, 4) is 16.9 Å². The zero-order valence-corrected chi connectivity index (χ0v) is 23.2. The van der Waals surface area contributed by atoms with Crippen LogP contribution in [0.25, 0.3) is 11.1 Å². The number of thioether (sulfide) groups is 1. The summed E-state index contributed by atoms with van der Waals surface area (Å²) < 4.78 is 107. The van der Waals surface area contributed by atoms with Crippen LogP contribution in [0.2, 0.25) is 0 Å². The molecule has 1 aliphatic heterocycles. The Balaban J connectivity index is 1.83. The average molecular weight is 623 g/mol. The molecule has 224 valence electrons. The number of benzene rings is 3. The van der Waals surface area contributed by atoms with E-state index >= 15 is 4.39 Å². The van der Waals surface area contributed by atoms with Crippen LogP contribution in [-0.2, 0) is 12.6 Å². The van der Waals surface area contributed by atoms with Crippen molar-refractivity contribution in [2.45, 2.75) is 30.6 Å². The predicted octanol–water partition coefficient (Wildman–Crippen LogP) is 7.52. The third kappa shape index (κ3) is 5.26. The SMILES string of the molecule is COc1cccc(-c2c(C)c(Cc3c(F)cccc3C(F)(F)F)c3n(c2=O)C(/C(=N/O)c2cc(F)ccc2F)CS3)c1F. The molecule has 5 nitrogen and oxygen atoms in total. The van der Waals surface area contributed by atoms with Crippen LogP contribution in [0.4, 0.5) is 30.7 Å². The molecule has 43 heavy (non-hydrogen) atoms. The third-order valence-corrected chi connectivity index (χ3v) is 8.48. The van der Waals surface area contributed by atoms with Crippen molar-refractivity contribution in [2.24, 2.45) is 5.16 Å². The number of methoxy groups -OCH3 is 1. The summed E-state index contributed by atoms with van der Waals surface area (Å²) in [5.41, 5.74) is -4.07. The second-order valence-corrected chi connectivity index (χ2v) is 10.7. The highest BCUT2D eigenvalue weighted by molar-refractivity contribution is 7.99. The highest BCUT2D eigenvalue weighted by atomic mass is 32.2. The molecule has 0 saturated heterocycles. The Morgan fingerprint density at radius 3 is 2.44 bits per heavy atom. The summed E-state index contributed by atoms with van der Waals surface area (Å²) in [6.07, 6.45) is -5.57. The summed E-state index contributed by atoms with van der Waals surface area (Å²) in [6.45, 7) is 1.40. The molecule has 0 radical (unpaired) electrons. The van der Waals surface area contributed by atoms with Crippen molar-refractivity contribution < 1.29 is 40.7 Å². The summed E-state index contributed by atoms with van der Waals surface area (Å²) in [5, 5.41) is 13.2. The maximum absolute atomic E-state index is 15.6. The molecule has 3 aromatic carbocycles. The quantitative estimate of drug-likeness (QED) is 0.105. The van der Waals surface area contributed by atoms with Gasteiger partial charge in [0.05, 0.1) is 29.3 Å². The first kappa shape index (κ1) is 30.2. The number of hydrogen-bond donors (Lipinski definition) is 1. The number of aromatic nitrogens is 1. The summed E-state index contributed by atoms with van der Waals surface area (Å²) in [4.78, 5) is 14.1. The first-order valence-corrected chi connectivity index (χ1v) is 13.6. The molecular formula is C30H21F7N2O3S. The molecular weight excluding hydrogens is 601 g/mol. The van der Waals surface area contributed by atoms with Gasteiger partial charge in [-0.2, -0.15) is 13.2 Å². The fourth-order valence-corrected chi connectivity index (χ4v) is 6.64. The Morgan fingerprint density at radius 2 is 1.77 bits per heavy atom. The summed E-state index contributed by atoms with van der Waals surface area (Å²) >= 11 is 0.966. The minimum absolute atomic E-state index is 0.0666. The number of hydrogen-bond acceptors (Lipinski definition) is 5. The van der Waals surface area contributed by atoms with Gasteiger partial charge in [-0.25, -0.2) is 17.6 Å². The maximum atomic E-state index is 15.6. The first-order valence-electron chi connectivity index (χ1n) is 12.6. The van der Waals surface area contributed by atoms with Crippen LogP contribution < -0.4 is 10.3 Å². The van der Waals surface area contributed by atoms with E-state index in [9.17, 15) is 36.3 Å². The Hall–Kier alpha value is -4.26. The van der Waals surface area contributed by atoms with Gasteiger partial charge in [-0.1, -0.05) is 23.4 Å². The average Bonchev–Trinajstić information content (AvgIpc) is 3.39. The molecule has 1 unspecified atom stereocenters. The second kappa shape index (κ2) is 11.4. The summed E-state index contributed by atoms with van der Waals surface area (Å²) in [7, 11) is 1.21. The molecule has 2 heterocycles. The van der Waals surface area contributed by atoms with Gasteiger partial charge in [0.2, 0.25) is 0 Å². The van der Waals surface area contributed by atoms with Crippen molar-refractivity contribution in [2.75, 3.05) is 12.9 Å². The number of oxime groups is 1. The van der Waals surface area contributed by atoms with Crippen molar-refractivity contribution in [3.05, 3.63) is 116 Å². The van der Waals surface area contributed by atoms with E-state index in [-0.39, 0.29) is 38.8 Å². The van der Waals surface area contributed by atoms with E-state index in [1.54, 1.807) is 0 Å². The zero-order valence-electron chi connectivity index (χ0n) is 22.4. The van der Waals surface area contributed by atoms with Gasteiger partial charge in [0.1, 0.15) is 23.2 Å². The van der Waals surface area contributed by atoms with E-state index in [1.807, 2.05) is 0 Å². The molecule has 0 saturated carbocycles. The molecule has 0 bridgehead atoms. The number of ether oxygens (including phenoxy) is 1. The monoisotopic (exact) mass is 622 g/mol. The smallest absolute Gasteiger partial charge is 0.416 e. The van der Waals surface area contributed by atoms with Crippen LogP contribution in [0.15, 0.2) is 69.6 Å². The van der Waals surface area contributed by atoms with Gasteiger partial charge in [0.25, 0.3) is 5.56 Å². The van der Waals surface area contributed by atoms with E-state index in [0.717, 1.165) is 52.7 Å². The summed E-state index contributed by atoms with van der Waals surface area (Å²) in [6, 6.07) is 7.65. The molecule has 1 aromatic heterocycles. The molecule has 4 aromatic rings. The number of rotatable bonds is 6. The summed E-state index contributed by atoms with van der Waals surface area (Å²) in [5.74, 6) is -4.22. The lowest BCUT2D eigenvalue weighted by molar-refractivity contribution is -0.138. The largest absolute Gasteiger partial charge is 0.494 e. The molecule has 1 N–H and O–H groups in total. The lowest BCUT2D eigenvalue weighted by Crippen LogP contribution is -2.32. The molecule has 0 aliphatic carbocycles. The number of halogens is 7. The standard InChI is InChI=1S/C30H21F7N2O3S/c1-14-17(12-18-20(30(35,36)37)6-4-7-21(18)32)29-39(28(40)25(14)16-5-3-8-24(42-2)26(16)34)23(13-43-29)27(38-41)19-11-15(31)9-10-22(19)33/h3-11,23,41H,12-13H2,1-2H3/b38-27+. The third-order valence-electron chi connectivity index (χ3n) is 7.28. The van der Waals surface area contributed by atoms with Gasteiger partial charge in [-0.05, 0) is 54.4 Å². The Morgan fingerprint density at radius 1 is 1.05 bits per heavy atom. The van der Waals surface area contributed by atoms with Gasteiger partial charge in [0, 0.05) is 28.9 Å². The van der Waals surface area contributed by atoms with E-state index in [1.165, 1.54) is 32.2 Å². The normalized spacial score (nSPS) is 15.1. The highest BCUT2D eigenvalue weighted by Gasteiger charge is 2.38. The Kier molecular flexibility index (Phi) is 8.03. The zero-order chi connectivity index (χ0) is 31.2. The molecule has 0 fully saturated rings. The molecule has 13 heteroatoms. The lowest BCUT2D eigenvalue weighted by Gasteiger charge is -2.22. The van der Waals surface area contributed by atoms with E-state index in [2.05, 4.69) is 5.16 Å². The fourth-order valence-electron chi connectivity index (χ4n) is 5.26. The van der Waals surface area contributed by atoms with Gasteiger partial charge >= 0.3 is 6.18 Å². The van der Waals surface area contributed by atoms with E-state index < -0.39 is 69.9 Å². The van der Waals surface area contributed by atoms with Crippen LogP contribution in [0.5, 0.6) is 5.75 Å². The van der Waals surface area contributed by atoms with Crippen LogP contribution in [-0.4, -0.2) is 28.3 Å². The van der Waals surface area contributed by atoms with E-state index in [4.69, 9.17) is 4.74 Å². The van der Waals surface area contributed by atoms with Gasteiger partial charge < -0.3 is 9.94 Å². The maximum Gasteiger partial charge on any atom is 0.416 e. The predicted molar refractivity (Wildman–Crippen MR) is 146 cm³/mol. The van der Waals surface area contributed by atoms with Crippen molar-refractivity contribution in [1.29, 1.82) is 0 Å². The Labute approximate surface area is 244 Å². The molecule has 1 atom stereocenters. The van der Waals surface area contributed by atoms with Crippen molar-refractivity contribution >= 4 is 17.5 Å². The fraction of sp³-hybridized carbons (Fsp3) is 0.200. The van der Waals surface area contributed by atoms with Crippen LogP contribution in [0, 0.1) is 30.2 Å². The molecule has 0 spiro atoms. The number of alkyl halides is 3. The molecule has 0 amide bonds. The number of pyridine rings is 1. The second-order valence-electron chi connectivity index (χ2n) is 9.66. The van der Waals surface area contributed by atoms with Gasteiger partial charge in [-0.3, -0.25) is 9.36 Å². The van der Waals surface area contributed by atoms with Crippen LogP contribution in [0.3, 0.4) is 0 Å².